The molecule has 0 aromatic carbocycles. The van der Waals surface area contributed by atoms with E-state index in [1.807, 2.05) is 20.8 Å². The molecule has 0 bridgehead atoms. The third-order valence-corrected chi connectivity index (χ3v) is 3.52. The predicted molar refractivity (Wildman–Crippen MR) is 76.9 cm³/mol. The standard InChI is InChI=1S/C14H27N3O3/c1-14(2,3)20-13(18)17-8-6-16(7-9-17)5-4-15-12-10-19-11-12/h12,15H,4-11H2,1-3H3. The lowest BCUT2D eigenvalue weighted by molar-refractivity contribution is -0.00690. The van der Waals surface area contributed by atoms with Crippen LogP contribution in [0.25, 0.3) is 0 Å². The molecule has 2 aliphatic rings. The third-order valence-electron chi connectivity index (χ3n) is 3.52. The molecular weight excluding hydrogens is 258 g/mol. The quantitative estimate of drug-likeness (QED) is 0.816. The van der Waals surface area contributed by atoms with E-state index < -0.39 is 5.60 Å². The Morgan fingerprint density at radius 1 is 1.25 bits per heavy atom. The average molecular weight is 285 g/mol. The molecule has 0 saturated carbocycles. The predicted octanol–water partition coefficient (Wildman–Crippen LogP) is 0.528. The van der Waals surface area contributed by atoms with Crippen LogP contribution in [-0.2, 0) is 9.47 Å². The van der Waals surface area contributed by atoms with E-state index in [1.54, 1.807) is 4.90 Å². The van der Waals surface area contributed by atoms with Crippen molar-refractivity contribution in [2.45, 2.75) is 32.4 Å². The number of nitrogens with one attached hydrogen (secondary N) is 1. The van der Waals surface area contributed by atoms with Crippen molar-refractivity contribution < 1.29 is 14.3 Å². The molecule has 0 radical (unpaired) electrons. The summed E-state index contributed by atoms with van der Waals surface area (Å²) >= 11 is 0. The van der Waals surface area contributed by atoms with Crippen LogP contribution >= 0.6 is 0 Å². The lowest BCUT2D eigenvalue weighted by atomic mass is 10.2. The van der Waals surface area contributed by atoms with E-state index in [-0.39, 0.29) is 6.09 Å². The first-order valence-corrected chi connectivity index (χ1v) is 7.45. The van der Waals surface area contributed by atoms with Crippen molar-refractivity contribution in [2.24, 2.45) is 0 Å². The van der Waals surface area contributed by atoms with Gasteiger partial charge in [-0.2, -0.15) is 0 Å². The lowest BCUT2D eigenvalue weighted by Crippen LogP contribution is -2.53. The maximum Gasteiger partial charge on any atom is 0.410 e. The van der Waals surface area contributed by atoms with Crippen LogP contribution in [0.5, 0.6) is 0 Å². The molecule has 0 atom stereocenters. The molecule has 2 rings (SSSR count). The van der Waals surface area contributed by atoms with Crippen LogP contribution in [0.4, 0.5) is 4.79 Å². The highest BCUT2D eigenvalue weighted by Gasteiger charge is 2.25. The summed E-state index contributed by atoms with van der Waals surface area (Å²) < 4.78 is 10.5. The molecule has 0 aromatic heterocycles. The molecule has 0 spiro atoms. The molecule has 2 saturated heterocycles. The van der Waals surface area contributed by atoms with E-state index in [0.29, 0.717) is 6.04 Å². The van der Waals surface area contributed by atoms with E-state index in [4.69, 9.17) is 9.47 Å². The highest BCUT2D eigenvalue weighted by molar-refractivity contribution is 5.68. The maximum absolute atomic E-state index is 11.9. The summed E-state index contributed by atoms with van der Waals surface area (Å²) in [6.45, 7) is 12.7. The van der Waals surface area contributed by atoms with Gasteiger partial charge in [-0.25, -0.2) is 4.79 Å². The van der Waals surface area contributed by atoms with Crippen LogP contribution in [0.15, 0.2) is 0 Å². The van der Waals surface area contributed by atoms with Gasteiger partial charge in [0.25, 0.3) is 0 Å². The number of hydrogen-bond acceptors (Lipinski definition) is 5. The summed E-state index contributed by atoms with van der Waals surface area (Å²) in [5.74, 6) is 0. The first-order chi connectivity index (χ1) is 9.44. The van der Waals surface area contributed by atoms with Crippen molar-refractivity contribution >= 4 is 6.09 Å². The van der Waals surface area contributed by atoms with Crippen LogP contribution in [0.1, 0.15) is 20.8 Å². The number of hydrogen-bond donors (Lipinski definition) is 1. The minimum atomic E-state index is -0.414. The summed E-state index contributed by atoms with van der Waals surface area (Å²) in [6, 6.07) is 0.540. The first kappa shape index (κ1) is 15.5. The van der Waals surface area contributed by atoms with Gasteiger partial charge in [0.1, 0.15) is 5.60 Å². The fourth-order valence-electron chi connectivity index (χ4n) is 2.26. The fraction of sp³-hybridized carbons (Fsp3) is 0.929. The Morgan fingerprint density at radius 2 is 1.90 bits per heavy atom. The molecule has 0 aromatic rings. The summed E-state index contributed by atoms with van der Waals surface area (Å²) in [4.78, 5) is 16.1. The second-order valence-electron chi connectivity index (χ2n) is 6.50. The molecule has 0 aliphatic carbocycles. The van der Waals surface area contributed by atoms with E-state index in [0.717, 1.165) is 52.5 Å². The summed E-state index contributed by atoms with van der Waals surface area (Å²) in [5, 5.41) is 3.46. The van der Waals surface area contributed by atoms with E-state index in [2.05, 4.69) is 10.2 Å². The zero-order valence-electron chi connectivity index (χ0n) is 12.9. The van der Waals surface area contributed by atoms with Crippen LogP contribution in [0.2, 0.25) is 0 Å². The largest absolute Gasteiger partial charge is 0.444 e. The van der Waals surface area contributed by atoms with Gasteiger partial charge in [0.2, 0.25) is 0 Å². The van der Waals surface area contributed by atoms with Gasteiger partial charge in [0.05, 0.1) is 19.3 Å². The van der Waals surface area contributed by atoms with E-state index in [9.17, 15) is 4.79 Å². The van der Waals surface area contributed by atoms with Gasteiger partial charge < -0.3 is 19.7 Å². The Kier molecular flexibility index (Phi) is 5.23. The second kappa shape index (κ2) is 6.74. The van der Waals surface area contributed by atoms with Crippen molar-refractivity contribution in [3.8, 4) is 0 Å². The number of piperazine rings is 1. The summed E-state index contributed by atoms with van der Waals surface area (Å²) in [7, 11) is 0. The van der Waals surface area contributed by atoms with Crippen LogP contribution < -0.4 is 5.32 Å². The number of amides is 1. The molecule has 2 heterocycles. The highest BCUT2D eigenvalue weighted by atomic mass is 16.6. The summed E-state index contributed by atoms with van der Waals surface area (Å²) in [5.41, 5.74) is -0.414. The van der Waals surface area contributed by atoms with E-state index >= 15 is 0 Å². The fourth-order valence-corrected chi connectivity index (χ4v) is 2.26. The van der Waals surface area contributed by atoms with Crippen LogP contribution in [0, 0.1) is 0 Å². The molecule has 6 nitrogen and oxygen atoms in total. The minimum Gasteiger partial charge on any atom is -0.444 e. The number of carbonyl (C=O) groups excluding carboxylic acids is 1. The van der Waals surface area contributed by atoms with Crippen molar-refractivity contribution in [1.29, 1.82) is 0 Å². The average Bonchev–Trinajstić information content (AvgIpc) is 2.31. The minimum absolute atomic E-state index is 0.193. The van der Waals surface area contributed by atoms with Crippen LogP contribution in [0.3, 0.4) is 0 Å². The van der Waals surface area contributed by atoms with Gasteiger partial charge in [-0.15, -0.1) is 0 Å². The monoisotopic (exact) mass is 285 g/mol. The SMILES string of the molecule is CC(C)(C)OC(=O)N1CCN(CCNC2COC2)CC1. The zero-order valence-corrected chi connectivity index (χ0v) is 12.9. The van der Waals surface area contributed by atoms with Gasteiger partial charge in [-0.3, -0.25) is 4.90 Å². The Labute approximate surface area is 121 Å². The number of ether oxygens (including phenoxy) is 2. The smallest absolute Gasteiger partial charge is 0.410 e. The van der Waals surface area contributed by atoms with Gasteiger partial charge >= 0.3 is 6.09 Å². The first-order valence-electron chi connectivity index (χ1n) is 7.45. The van der Waals surface area contributed by atoms with Gasteiger partial charge in [0, 0.05) is 39.3 Å². The normalized spacial score (nSPS) is 21.6. The molecule has 6 heteroatoms. The van der Waals surface area contributed by atoms with Gasteiger partial charge in [-0.1, -0.05) is 0 Å². The molecule has 116 valence electrons. The molecular formula is C14H27N3O3. The van der Waals surface area contributed by atoms with Crippen molar-refractivity contribution in [3.63, 3.8) is 0 Å². The van der Waals surface area contributed by atoms with Crippen molar-refractivity contribution in [1.82, 2.24) is 15.1 Å². The molecule has 2 aliphatic heterocycles. The molecule has 0 unspecified atom stereocenters. The van der Waals surface area contributed by atoms with Crippen molar-refractivity contribution in [2.75, 3.05) is 52.5 Å². The summed E-state index contributed by atoms with van der Waals surface area (Å²) in [6.07, 6.45) is -0.193. The van der Waals surface area contributed by atoms with Gasteiger partial charge in [-0.05, 0) is 20.8 Å². The number of carbonyl (C=O) groups is 1. The van der Waals surface area contributed by atoms with E-state index in [1.165, 1.54) is 0 Å². The lowest BCUT2D eigenvalue weighted by Gasteiger charge is -2.36. The molecule has 20 heavy (non-hydrogen) atoms. The zero-order chi connectivity index (χ0) is 14.6. The Morgan fingerprint density at radius 3 is 2.40 bits per heavy atom. The Bertz CT molecular complexity index is 318. The molecule has 1 N–H and O–H groups in total. The topological polar surface area (TPSA) is 54.0 Å². The number of rotatable bonds is 4. The van der Waals surface area contributed by atoms with Crippen molar-refractivity contribution in [3.05, 3.63) is 0 Å². The molecule has 1 amide bonds. The Balaban J connectivity index is 1.60. The van der Waals surface area contributed by atoms with Gasteiger partial charge in [0.15, 0.2) is 0 Å². The maximum atomic E-state index is 11.9. The second-order valence-corrected chi connectivity index (χ2v) is 6.50. The molecule has 2 fully saturated rings. The third kappa shape index (κ3) is 4.92. The van der Waals surface area contributed by atoms with Crippen LogP contribution in [-0.4, -0.2) is 80.0 Å². The highest BCUT2D eigenvalue weighted by Crippen LogP contribution is 2.11. The number of nitrogens with zero attached hydrogens (tertiary/aromatic N) is 2. The Hall–Kier alpha value is -0.850.